The first-order chi connectivity index (χ1) is 12.0. The van der Waals surface area contributed by atoms with E-state index >= 15 is 0 Å². The lowest BCUT2D eigenvalue weighted by atomic mass is 10.1. The van der Waals surface area contributed by atoms with Crippen LogP contribution in [-0.4, -0.2) is 30.3 Å². The molecule has 2 aromatic rings. The molecule has 0 fully saturated rings. The number of carbonyl (C=O) groups excluding carboxylic acids is 1. The zero-order chi connectivity index (χ0) is 18.1. The molecule has 0 saturated heterocycles. The molecule has 0 unspecified atom stereocenters. The highest BCUT2D eigenvalue weighted by Gasteiger charge is 2.08. The monoisotopic (exact) mass is 347 g/mol. The molecule has 25 heavy (non-hydrogen) atoms. The molecule has 0 aliphatic rings. The fourth-order valence-electron chi connectivity index (χ4n) is 2.03. The van der Waals surface area contributed by atoms with Crippen LogP contribution in [-0.2, 0) is 22.6 Å². The molecule has 0 spiro atoms. The van der Waals surface area contributed by atoms with Gasteiger partial charge >= 0.3 is 12.1 Å². The Bertz CT molecular complexity index is 721. The molecule has 2 rings (SSSR count). The number of ether oxygens (including phenoxy) is 2. The Morgan fingerprint density at radius 1 is 1.08 bits per heavy atom. The molecule has 132 valence electrons. The average Bonchev–Trinajstić information content (AvgIpc) is 2.59. The number of nitrogens with one attached hydrogen (secondary N) is 1. The summed E-state index contributed by atoms with van der Waals surface area (Å²) in [7, 11) is 0. The normalized spacial score (nSPS) is 10.1. The summed E-state index contributed by atoms with van der Waals surface area (Å²) >= 11 is 0. The number of benzene rings is 2. The van der Waals surface area contributed by atoms with Crippen LogP contribution in [0.4, 0.5) is 9.18 Å². The number of hydrogen-bond acceptors (Lipinski definition) is 4. The highest BCUT2D eigenvalue weighted by atomic mass is 19.1. The number of hydrogen-bond donors (Lipinski definition) is 2. The van der Waals surface area contributed by atoms with Crippen molar-refractivity contribution in [1.29, 1.82) is 0 Å². The van der Waals surface area contributed by atoms with E-state index in [0.29, 0.717) is 5.56 Å². The van der Waals surface area contributed by atoms with Crippen molar-refractivity contribution in [2.24, 2.45) is 0 Å². The summed E-state index contributed by atoms with van der Waals surface area (Å²) in [6, 6.07) is 13.2. The molecular formula is C18H18FNO5. The third-order valence-electron chi connectivity index (χ3n) is 3.19. The molecule has 0 aliphatic carbocycles. The molecule has 0 bridgehead atoms. The predicted octanol–water partition coefficient (Wildman–Crippen LogP) is 2.76. The quantitative estimate of drug-likeness (QED) is 0.717. The SMILES string of the molecule is O=C(O)Cc1ccc(OCCNC(=O)OCc2ccccc2)c(F)c1. The second-order valence-corrected chi connectivity index (χ2v) is 5.17. The van der Waals surface area contributed by atoms with Gasteiger partial charge in [-0.3, -0.25) is 4.79 Å². The highest BCUT2D eigenvalue weighted by Crippen LogP contribution is 2.18. The van der Waals surface area contributed by atoms with Gasteiger partial charge in [-0.05, 0) is 23.3 Å². The van der Waals surface area contributed by atoms with Crippen LogP contribution < -0.4 is 10.1 Å². The zero-order valence-electron chi connectivity index (χ0n) is 13.4. The first-order valence-corrected chi connectivity index (χ1v) is 7.62. The predicted molar refractivity (Wildman–Crippen MR) is 87.9 cm³/mol. The maximum atomic E-state index is 13.8. The molecule has 0 aromatic heterocycles. The van der Waals surface area contributed by atoms with Crippen molar-refractivity contribution in [2.75, 3.05) is 13.2 Å². The molecule has 0 aliphatic heterocycles. The second kappa shape index (κ2) is 9.27. The molecule has 7 heteroatoms. The van der Waals surface area contributed by atoms with Crippen molar-refractivity contribution in [1.82, 2.24) is 5.32 Å². The minimum absolute atomic E-state index is 0.00593. The van der Waals surface area contributed by atoms with E-state index in [-0.39, 0.29) is 31.9 Å². The average molecular weight is 347 g/mol. The third-order valence-corrected chi connectivity index (χ3v) is 3.19. The molecule has 2 aromatic carbocycles. The molecular weight excluding hydrogens is 329 g/mol. The summed E-state index contributed by atoms with van der Waals surface area (Å²) in [5.41, 5.74) is 1.22. The van der Waals surface area contributed by atoms with Gasteiger partial charge in [0.2, 0.25) is 0 Å². The molecule has 6 nitrogen and oxygen atoms in total. The van der Waals surface area contributed by atoms with Gasteiger partial charge in [0, 0.05) is 0 Å². The summed E-state index contributed by atoms with van der Waals surface area (Å²) in [6.45, 7) is 0.354. The van der Waals surface area contributed by atoms with Gasteiger partial charge in [0.05, 0.1) is 13.0 Å². The van der Waals surface area contributed by atoms with E-state index in [1.165, 1.54) is 12.1 Å². The maximum absolute atomic E-state index is 13.8. The van der Waals surface area contributed by atoms with Crippen LogP contribution in [0.25, 0.3) is 0 Å². The summed E-state index contributed by atoms with van der Waals surface area (Å²) in [5.74, 6) is -1.69. The van der Waals surface area contributed by atoms with Crippen molar-refractivity contribution < 1.29 is 28.6 Å². The molecule has 0 saturated carbocycles. The van der Waals surface area contributed by atoms with Gasteiger partial charge in [-0.25, -0.2) is 9.18 Å². The Labute approximate surface area is 144 Å². The lowest BCUT2D eigenvalue weighted by Gasteiger charge is -2.10. The van der Waals surface area contributed by atoms with Gasteiger partial charge in [0.25, 0.3) is 0 Å². The Hall–Kier alpha value is -3.09. The van der Waals surface area contributed by atoms with E-state index in [1.807, 2.05) is 30.3 Å². The van der Waals surface area contributed by atoms with Crippen LogP contribution in [0.5, 0.6) is 5.75 Å². The number of carboxylic acid groups (broad SMARTS) is 1. The number of carbonyl (C=O) groups is 2. The molecule has 2 N–H and O–H groups in total. The summed E-state index contributed by atoms with van der Waals surface area (Å²) in [6.07, 6.45) is -0.851. The highest BCUT2D eigenvalue weighted by molar-refractivity contribution is 5.70. The Balaban J connectivity index is 1.68. The molecule has 0 atom stereocenters. The minimum Gasteiger partial charge on any atom is -0.489 e. The fraction of sp³-hybridized carbons (Fsp3) is 0.222. The topological polar surface area (TPSA) is 84.9 Å². The number of aliphatic carboxylic acids is 1. The van der Waals surface area contributed by atoms with Gasteiger partial charge in [0.1, 0.15) is 13.2 Å². The zero-order valence-corrected chi connectivity index (χ0v) is 13.4. The van der Waals surface area contributed by atoms with Gasteiger partial charge in [-0.15, -0.1) is 0 Å². The molecule has 1 amide bonds. The van der Waals surface area contributed by atoms with Crippen LogP contribution in [0, 0.1) is 5.82 Å². The van der Waals surface area contributed by atoms with Crippen LogP contribution in [0.2, 0.25) is 0 Å². The second-order valence-electron chi connectivity index (χ2n) is 5.17. The van der Waals surface area contributed by atoms with Crippen molar-refractivity contribution >= 4 is 12.1 Å². The lowest BCUT2D eigenvalue weighted by Crippen LogP contribution is -2.28. The fourth-order valence-corrected chi connectivity index (χ4v) is 2.03. The third kappa shape index (κ3) is 6.50. The standard InChI is InChI=1S/C18H18FNO5/c19-15-10-14(11-17(21)22)6-7-16(15)24-9-8-20-18(23)25-12-13-4-2-1-3-5-13/h1-7,10H,8-9,11-12H2,(H,20,23)(H,21,22). The van der Waals surface area contributed by atoms with Crippen LogP contribution in [0.3, 0.4) is 0 Å². The number of rotatable bonds is 8. The Kier molecular flexibility index (Phi) is 6.76. The number of carboxylic acids is 1. The van der Waals surface area contributed by atoms with Crippen molar-refractivity contribution in [3.05, 3.63) is 65.5 Å². The number of alkyl carbamates (subject to hydrolysis) is 1. The summed E-state index contributed by atoms with van der Waals surface area (Å²) < 4.78 is 24.0. The molecule has 0 radical (unpaired) electrons. The Morgan fingerprint density at radius 2 is 1.84 bits per heavy atom. The van der Waals surface area contributed by atoms with Crippen molar-refractivity contribution in [3.8, 4) is 5.75 Å². The van der Waals surface area contributed by atoms with E-state index in [0.717, 1.165) is 11.6 Å². The lowest BCUT2D eigenvalue weighted by molar-refractivity contribution is -0.136. The smallest absolute Gasteiger partial charge is 0.407 e. The van der Waals surface area contributed by atoms with E-state index in [2.05, 4.69) is 5.32 Å². The van der Waals surface area contributed by atoms with Gasteiger partial charge in [0.15, 0.2) is 11.6 Å². The van der Waals surface area contributed by atoms with E-state index in [4.69, 9.17) is 14.6 Å². The Morgan fingerprint density at radius 3 is 2.52 bits per heavy atom. The van der Waals surface area contributed by atoms with Gasteiger partial charge < -0.3 is 19.9 Å². The number of amides is 1. The first kappa shape index (κ1) is 18.3. The van der Waals surface area contributed by atoms with Crippen molar-refractivity contribution in [2.45, 2.75) is 13.0 Å². The number of halogens is 1. The van der Waals surface area contributed by atoms with Gasteiger partial charge in [-0.1, -0.05) is 36.4 Å². The van der Waals surface area contributed by atoms with Crippen LogP contribution in [0.15, 0.2) is 48.5 Å². The van der Waals surface area contributed by atoms with E-state index in [9.17, 15) is 14.0 Å². The van der Waals surface area contributed by atoms with Crippen molar-refractivity contribution in [3.63, 3.8) is 0 Å². The van der Waals surface area contributed by atoms with E-state index in [1.54, 1.807) is 0 Å². The van der Waals surface area contributed by atoms with Crippen LogP contribution in [0.1, 0.15) is 11.1 Å². The first-order valence-electron chi connectivity index (χ1n) is 7.62. The van der Waals surface area contributed by atoms with Crippen LogP contribution >= 0.6 is 0 Å². The van der Waals surface area contributed by atoms with E-state index < -0.39 is 17.9 Å². The molecule has 0 heterocycles. The minimum atomic E-state index is -1.04. The summed E-state index contributed by atoms with van der Waals surface area (Å²) in [4.78, 5) is 22.1. The largest absolute Gasteiger partial charge is 0.489 e. The van der Waals surface area contributed by atoms with Gasteiger partial charge in [-0.2, -0.15) is 0 Å². The maximum Gasteiger partial charge on any atom is 0.407 e. The summed E-state index contributed by atoms with van der Waals surface area (Å²) in [5, 5.41) is 11.2.